The average Bonchev–Trinajstić information content (AvgIpc) is 2.90. The Morgan fingerprint density at radius 3 is 2.23 bits per heavy atom. The van der Waals surface area contributed by atoms with E-state index in [1.807, 2.05) is 0 Å². The molecule has 1 aliphatic heterocycles. The highest BCUT2D eigenvalue weighted by molar-refractivity contribution is 5.99. The molecule has 0 fully saturated rings. The highest BCUT2D eigenvalue weighted by Crippen LogP contribution is 2.38. The van der Waals surface area contributed by atoms with Crippen molar-refractivity contribution in [2.75, 3.05) is 25.1 Å². The van der Waals surface area contributed by atoms with Gasteiger partial charge in [0, 0.05) is 54.5 Å². The standard InChI is InChI=1S/C28H27F5N4O3/c1-15-19-5-4-16(27(38)35-13-20-22(30)9-17(29)10-23(20)31)8-26(19)37(28(39)36(15)2)14-21-24(32)11-18(12-25(21)33)40-7-3-6-34/h4-5,8-12,15H,3,6-7,13-14,34H2,1-2H3,(H,35,38)/t15-/m0/s1. The third kappa shape index (κ3) is 5.86. The number of amides is 3. The lowest BCUT2D eigenvalue weighted by Gasteiger charge is -2.39. The molecule has 4 rings (SSSR count). The number of halogens is 5. The summed E-state index contributed by atoms with van der Waals surface area (Å²) < 4.78 is 76.4. The highest BCUT2D eigenvalue weighted by atomic mass is 19.2. The maximum absolute atomic E-state index is 15.0. The van der Waals surface area contributed by atoms with Gasteiger partial charge in [-0.25, -0.2) is 26.7 Å². The van der Waals surface area contributed by atoms with E-state index in [0.29, 0.717) is 30.7 Å². The van der Waals surface area contributed by atoms with Crippen molar-refractivity contribution < 1.29 is 36.3 Å². The first kappa shape index (κ1) is 28.8. The van der Waals surface area contributed by atoms with Gasteiger partial charge in [0.1, 0.15) is 34.8 Å². The molecule has 7 nitrogen and oxygen atoms in total. The van der Waals surface area contributed by atoms with Crippen LogP contribution < -0.4 is 20.7 Å². The van der Waals surface area contributed by atoms with Crippen molar-refractivity contribution in [1.29, 1.82) is 0 Å². The average molecular weight is 563 g/mol. The Balaban J connectivity index is 1.62. The topological polar surface area (TPSA) is 87.9 Å². The molecule has 0 saturated heterocycles. The molecule has 1 heterocycles. The summed E-state index contributed by atoms with van der Waals surface area (Å²) in [5, 5.41) is 2.37. The van der Waals surface area contributed by atoms with Crippen LogP contribution in [0, 0.1) is 29.1 Å². The molecule has 0 radical (unpaired) electrons. The quantitative estimate of drug-likeness (QED) is 0.278. The minimum absolute atomic E-state index is 0.0173. The normalized spacial score (nSPS) is 14.8. The van der Waals surface area contributed by atoms with Crippen LogP contribution in [0.3, 0.4) is 0 Å². The lowest BCUT2D eigenvalue weighted by molar-refractivity contribution is 0.0950. The monoisotopic (exact) mass is 562 g/mol. The summed E-state index contributed by atoms with van der Waals surface area (Å²) in [6, 6.07) is 6.47. The first-order valence-electron chi connectivity index (χ1n) is 12.4. The summed E-state index contributed by atoms with van der Waals surface area (Å²) >= 11 is 0. The summed E-state index contributed by atoms with van der Waals surface area (Å²) in [5.41, 5.74) is 5.37. The molecule has 40 heavy (non-hydrogen) atoms. The fraction of sp³-hybridized carbons (Fsp3) is 0.286. The number of nitrogens with two attached hydrogens (primary N) is 1. The first-order chi connectivity index (χ1) is 19.0. The SMILES string of the molecule is C[C@H]1c2ccc(C(=O)NCc3c(F)cc(F)cc3F)cc2N(Cc2c(F)cc(OCCCN)cc2F)C(=O)N1C. The number of benzene rings is 3. The van der Waals surface area contributed by atoms with Crippen LogP contribution in [0.5, 0.6) is 5.75 Å². The summed E-state index contributed by atoms with van der Waals surface area (Å²) in [6.07, 6.45) is 0.498. The van der Waals surface area contributed by atoms with Gasteiger partial charge >= 0.3 is 6.03 Å². The summed E-state index contributed by atoms with van der Waals surface area (Å²) in [4.78, 5) is 28.6. The fourth-order valence-corrected chi connectivity index (χ4v) is 4.35. The summed E-state index contributed by atoms with van der Waals surface area (Å²) in [7, 11) is 1.54. The predicted molar refractivity (Wildman–Crippen MR) is 137 cm³/mol. The second-order valence-corrected chi connectivity index (χ2v) is 9.32. The van der Waals surface area contributed by atoms with E-state index in [-0.39, 0.29) is 29.2 Å². The van der Waals surface area contributed by atoms with E-state index in [0.717, 1.165) is 17.0 Å². The van der Waals surface area contributed by atoms with Crippen LogP contribution in [0.1, 0.15) is 46.4 Å². The summed E-state index contributed by atoms with van der Waals surface area (Å²) in [6.45, 7) is 1.24. The lowest BCUT2D eigenvalue weighted by atomic mass is 9.98. The van der Waals surface area contributed by atoms with Gasteiger partial charge in [0.25, 0.3) is 5.91 Å². The number of ether oxygens (including phenoxy) is 1. The smallest absolute Gasteiger partial charge is 0.325 e. The number of nitrogens with one attached hydrogen (secondary N) is 1. The van der Waals surface area contributed by atoms with Gasteiger partial charge in [-0.3, -0.25) is 9.69 Å². The van der Waals surface area contributed by atoms with Gasteiger partial charge in [0.2, 0.25) is 0 Å². The number of anilines is 1. The van der Waals surface area contributed by atoms with Crippen LogP contribution in [0.2, 0.25) is 0 Å². The van der Waals surface area contributed by atoms with Crippen LogP contribution in [0.15, 0.2) is 42.5 Å². The maximum atomic E-state index is 15.0. The predicted octanol–water partition coefficient (Wildman–Crippen LogP) is 5.17. The Morgan fingerprint density at radius 2 is 1.60 bits per heavy atom. The molecule has 12 heteroatoms. The molecular weight excluding hydrogens is 535 g/mol. The largest absolute Gasteiger partial charge is 0.493 e. The molecule has 0 aliphatic carbocycles. The number of rotatable bonds is 9. The van der Waals surface area contributed by atoms with Crippen LogP contribution >= 0.6 is 0 Å². The lowest BCUT2D eigenvalue weighted by Crippen LogP contribution is -2.47. The Kier molecular flexibility index (Phi) is 8.58. The van der Waals surface area contributed by atoms with Crippen molar-refractivity contribution in [2.24, 2.45) is 5.73 Å². The van der Waals surface area contributed by atoms with Crippen LogP contribution in [0.4, 0.5) is 32.4 Å². The van der Waals surface area contributed by atoms with Gasteiger partial charge in [0.15, 0.2) is 0 Å². The maximum Gasteiger partial charge on any atom is 0.325 e. The third-order valence-electron chi connectivity index (χ3n) is 6.73. The molecule has 1 aliphatic rings. The van der Waals surface area contributed by atoms with Crippen molar-refractivity contribution in [3.8, 4) is 5.75 Å². The molecule has 3 aromatic carbocycles. The fourth-order valence-electron chi connectivity index (χ4n) is 4.35. The van der Waals surface area contributed by atoms with E-state index in [9.17, 15) is 31.5 Å². The molecule has 1 atom stereocenters. The molecule has 0 unspecified atom stereocenters. The van der Waals surface area contributed by atoms with Crippen molar-refractivity contribution in [1.82, 2.24) is 10.2 Å². The van der Waals surface area contributed by atoms with Gasteiger partial charge in [-0.1, -0.05) is 6.07 Å². The van der Waals surface area contributed by atoms with Gasteiger partial charge in [0.05, 0.1) is 24.9 Å². The molecule has 0 bridgehead atoms. The zero-order valence-electron chi connectivity index (χ0n) is 21.7. The molecule has 3 aromatic rings. The van der Waals surface area contributed by atoms with E-state index in [1.165, 1.54) is 24.1 Å². The number of fused-ring (bicyclic) bond motifs is 1. The second-order valence-electron chi connectivity index (χ2n) is 9.32. The zero-order chi connectivity index (χ0) is 29.1. The van der Waals surface area contributed by atoms with Gasteiger partial charge < -0.3 is 20.7 Å². The summed E-state index contributed by atoms with van der Waals surface area (Å²) in [5.74, 6) is -6.00. The molecule has 0 spiro atoms. The van der Waals surface area contributed by atoms with E-state index >= 15 is 0 Å². The number of carbonyl (C=O) groups excluding carboxylic acids is 2. The van der Waals surface area contributed by atoms with Crippen molar-refractivity contribution in [3.05, 3.63) is 93.8 Å². The van der Waals surface area contributed by atoms with Crippen LogP contribution in [0.25, 0.3) is 0 Å². The Labute approximate surface area is 227 Å². The number of carbonyl (C=O) groups is 2. The number of nitrogens with zero attached hydrogens (tertiary/aromatic N) is 2. The molecule has 212 valence electrons. The van der Waals surface area contributed by atoms with E-state index in [1.54, 1.807) is 13.0 Å². The van der Waals surface area contributed by atoms with Crippen LogP contribution in [-0.4, -0.2) is 37.0 Å². The molecule has 3 N–H and O–H groups in total. The third-order valence-corrected chi connectivity index (χ3v) is 6.73. The van der Waals surface area contributed by atoms with Crippen molar-refractivity contribution in [2.45, 2.75) is 32.5 Å². The first-order valence-corrected chi connectivity index (χ1v) is 12.4. The molecule has 3 amide bonds. The van der Waals surface area contributed by atoms with Crippen LogP contribution in [-0.2, 0) is 13.1 Å². The van der Waals surface area contributed by atoms with E-state index < -0.39 is 65.7 Å². The number of urea groups is 1. The van der Waals surface area contributed by atoms with Crippen molar-refractivity contribution >= 4 is 17.6 Å². The van der Waals surface area contributed by atoms with E-state index in [2.05, 4.69) is 5.32 Å². The second kappa shape index (κ2) is 11.9. The highest BCUT2D eigenvalue weighted by Gasteiger charge is 2.35. The van der Waals surface area contributed by atoms with Gasteiger partial charge in [-0.2, -0.15) is 0 Å². The Hall–Kier alpha value is -4.19. The van der Waals surface area contributed by atoms with Gasteiger partial charge in [-0.05, 0) is 37.6 Å². The minimum Gasteiger partial charge on any atom is -0.493 e. The Bertz CT molecular complexity index is 1410. The Morgan fingerprint density at radius 1 is 0.975 bits per heavy atom. The van der Waals surface area contributed by atoms with E-state index in [4.69, 9.17) is 10.5 Å². The molecule has 0 saturated carbocycles. The molecule has 0 aromatic heterocycles. The number of hydrogen-bond donors (Lipinski definition) is 2. The van der Waals surface area contributed by atoms with Gasteiger partial charge in [-0.15, -0.1) is 0 Å². The zero-order valence-corrected chi connectivity index (χ0v) is 21.7. The number of hydrogen-bond acceptors (Lipinski definition) is 4. The minimum atomic E-state index is -1.16. The van der Waals surface area contributed by atoms with Crippen molar-refractivity contribution in [3.63, 3.8) is 0 Å². The molecular formula is C28H27F5N4O3.